The van der Waals surface area contributed by atoms with Crippen LogP contribution in [0.25, 0.3) is 11.3 Å². The Morgan fingerprint density at radius 2 is 2.11 bits per heavy atom. The number of carbonyl (C=O) groups is 1. The molecule has 0 saturated heterocycles. The maximum Gasteiger partial charge on any atom is 0.272 e. The molecule has 0 radical (unpaired) electrons. The van der Waals surface area contributed by atoms with E-state index in [2.05, 4.69) is 0 Å². The summed E-state index contributed by atoms with van der Waals surface area (Å²) < 4.78 is 34.8. The zero-order valence-corrected chi connectivity index (χ0v) is 10.2. The van der Waals surface area contributed by atoms with Crippen LogP contribution < -0.4 is 4.74 Å². The van der Waals surface area contributed by atoms with Gasteiger partial charge in [0.1, 0.15) is 18.1 Å². The number of carbonyl (C=O) groups excluding carboxylic acids is 1. The van der Waals surface area contributed by atoms with E-state index in [1.807, 2.05) is 13.0 Å². The largest absolute Gasteiger partial charge is 0.487 e. The normalized spacial score (nSPS) is 10.7. The monoisotopic (exact) mass is 266 g/mol. The van der Waals surface area contributed by atoms with Crippen LogP contribution in [0.5, 0.6) is 5.75 Å². The molecule has 100 valence electrons. The average molecular weight is 266 g/mol. The molecule has 1 aromatic heterocycles. The molecular formula is C14H12F2O3. The quantitative estimate of drug-likeness (QED) is 0.774. The van der Waals surface area contributed by atoms with Gasteiger partial charge in [0, 0.05) is 0 Å². The Hall–Kier alpha value is -2.17. The first-order chi connectivity index (χ1) is 9.10. The van der Waals surface area contributed by atoms with Gasteiger partial charge in [-0.1, -0.05) is 6.07 Å². The Bertz CT molecular complexity index is 576. The van der Waals surface area contributed by atoms with Gasteiger partial charge in [-0.3, -0.25) is 4.79 Å². The molecule has 0 fully saturated rings. The van der Waals surface area contributed by atoms with Crippen molar-refractivity contribution in [3.63, 3.8) is 0 Å². The van der Waals surface area contributed by atoms with Crippen LogP contribution in [-0.4, -0.2) is 19.3 Å². The van der Waals surface area contributed by atoms with Crippen molar-refractivity contribution in [1.82, 2.24) is 0 Å². The minimum absolute atomic E-state index is 0.176. The van der Waals surface area contributed by atoms with Crippen LogP contribution in [0.1, 0.15) is 16.1 Å². The molecule has 5 heteroatoms. The second kappa shape index (κ2) is 5.65. The van der Waals surface area contributed by atoms with Crippen molar-refractivity contribution in [2.45, 2.75) is 13.3 Å². The van der Waals surface area contributed by atoms with Gasteiger partial charge in [-0.2, -0.15) is 0 Å². The molecule has 2 aromatic rings. The summed E-state index contributed by atoms with van der Waals surface area (Å²) in [6, 6.07) is 8.29. The molecule has 0 unspecified atom stereocenters. The van der Waals surface area contributed by atoms with E-state index in [1.54, 1.807) is 18.2 Å². The van der Waals surface area contributed by atoms with Gasteiger partial charge < -0.3 is 9.15 Å². The SMILES string of the molecule is Cc1ccc(-c2ccc(C=O)o2)c(OCC(F)F)c1. The van der Waals surface area contributed by atoms with Crippen LogP contribution in [0.3, 0.4) is 0 Å². The van der Waals surface area contributed by atoms with E-state index in [0.29, 0.717) is 23.4 Å². The maximum atomic E-state index is 12.2. The third kappa shape index (κ3) is 3.19. The van der Waals surface area contributed by atoms with Crippen LogP contribution in [0, 0.1) is 6.92 Å². The minimum Gasteiger partial charge on any atom is -0.487 e. The van der Waals surface area contributed by atoms with E-state index in [1.165, 1.54) is 6.07 Å². The fourth-order valence-electron chi connectivity index (χ4n) is 1.67. The molecule has 0 atom stereocenters. The van der Waals surface area contributed by atoms with Crippen LogP contribution >= 0.6 is 0 Å². The van der Waals surface area contributed by atoms with Crippen molar-refractivity contribution in [2.75, 3.05) is 6.61 Å². The van der Waals surface area contributed by atoms with E-state index in [-0.39, 0.29) is 5.76 Å². The number of aryl methyl sites for hydroxylation is 1. The predicted molar refractivity (Wildman–Crippen MR) is 65.8 cm³/mol. The lowest BCUT2D eigenvalue weighted by atomic mass is 10.1. The standard InChI is InChI=1S/C14H12F2O3/c1-9-2-4-11(12-5-3-10(7-17)19-12)13(6-9)18-8-14(15)16/h2-7,14H,8H2,1H3. The molecule has 0 aliphatic carbocycles. The van der Waals surface area contributed by atoms with E-state index in [0.717, 1.165) is 5.56 Å². The molecule has 3 nitrogen and oxygen atoms in total. The topological polar surface area (TPSA) is 39.4 Å². The van der Waals surface area contributed by atoms with Gasteiger partial charge >= 0.3 is 0 Å². The van der Waals surface area contributed by atoms with Crippen LogP contribution in [0.15, 0.2) is 34.7 Å². The van der Waals surface area contributed by atoms with Gasteiger partial charge in [0.2, 0.25) is 0 Å². The molecule has 0 aliphatic heterocycles. The lowest BCUT2D eigenvalue weighted by Crippen LogP contribution is -2.07. The number of rotatable bonds is 5. The second-order valence-corrected chi connectivity index (χ2v) is 4.02. The summed E-state index contributed by atoms with van der Waals surface area (Å²) in [5.74, 6) is 0.897. The first-order valence-corrected chi connectivity index (χ1v) is 5.67. The van der Waals surface area contributed by atoms with Gasteiger partial charge in [-0.05, 0) is 36.8 Å². The van der Waals surface area contributed by atoms with Gasteiger partial charge in [-0.15, -0.1) is 0 Å². The van der Waals surface area contributed by atoms with Crippen molar-refractivity contribution >= 4 is 6.29 Å². The number of alkyl halides is 2. The number of hydrogen-bond donors (Lipinski definition) is 0. The summed E-state index contributed by atoms with van der Waals surface area (Å²) in [4.78, 5) is 10.6. The zero-order chi connectivity index (χ0) is 13.8. The number of furan rings is 1. The fourth-order valence-corrected chi connectivity index (χ4v) is 1.67. The molecule has 19 heavy (non-hydrogen) atoms. The lowest BCUT2D eigenvalue weighted by molar-refractivity contribution is 0.0821. The van der Waals surface area contributed by atoms with Crippen molar-refractivity contribution in [1.29, 1.82) is 0 Å². The third-order valence-corrected chi connectivity index (χ3v) is 2.51. The van der Waals surface area contributed by atoms with Crippen molar-refractivity contribution in [3.8, 4) is 17.1 Å². The van der Waals surface area contributed by atoms with Crippen molar-refractivity contribution in [3.05, 3.63) is 41.7 Å². The van der Waals surface area contributed by atoms with Crippen LogP contribution in [0.2, 0.25) is 0 Å². The van der Waals surface area contributed by atoms with Gasteiger partial charge in [-0.25, -0.2) is 8.78 Å². The lowest BCUT2D eigenvalue weighted by Gasteiger charge is -2.10. The molecule has 1 aromatic carbocycles. The van der Waals surface area contributed by atoms with E-state index >= 15 is 0 Å². The summed E-state index contributed by atoms with van der Waals surface area (Å²) in [7, 11) is 0. The first-order valence-electron chi connectivity index (χ1n) is 5.67. The zero-order valence-electron chi connectivity index (χ0n) is 10.2. The molecule has 0 bridgehead atoms. The summed E-state index contributed by atoms with van der Waals surface area (Å²) in [5, 5.41) is 0. The Kier molecular flexibility index (Phi) is 3.94. The Morgan fingerprint density at radius 3 is 2.74 bits per heavy atom. The fraction of sp³-hybridized carbons (Fsp3) is 0.214. The predicted octanol–water partition coefficient (Wildman–Crippen LogP) is 3.71. The van der Waals surface area contributed by atoms with E-state index in [9.17, 15) is 13.6 Å². The van der Waals surface area contributed by atoms with E-state index in [4.69, 9.17) is 9.15 Å². The average Bonchev–Trinajstić information content (AvgIpc) is 2.85. The van der Waals surface area contributed by atoms with Gasteiger partial charge in [0.25, 0.3) is 6.43 Å². The highest BCUT2D eigenvalue weighted by atomic mass is 19.3. The van der Waals surface area contributed by atoms with Gasteiger partial charge in [0.05, 0.1) is 5.56 Å². The Labute approximate surface area is 108 Å². The summed E-state index contributed by atoms with van der Waals surface area (Å²) in [6.07, 6.45) is -1.97. The van der Waals surface area contributed by atoms with Crippen molar-refractivity contribution in [2.24, 2.45) is 0 Å². The molecule has 0 N–H and O–H groups in total. The highest BCUT2D eigenvalue weighted by molar-refractivity contribution is 5.74. The number of aldehydes is 1. The highest BCUT2D eigenvalue weighted by Gasteiger charge is 2.13. The summed E-state index contributed by atoms with van der Waals surface area (Å²) in [5.41, 5.74) is 1.43. The molecule has 1 heterocycles. The number of ether oxygens (including phenoxy) is 1. The molecule has 0 amide bonds. The number of halogens is 2. The van der Waals surface area contributed by atoms with E-state index < -0.39 is 13.0 Å². The highest BCUT2D eigenvalue weighted by Crippen LogP contribution is 2.32. The summed E-state index contributed by atoms with van der Waals surface area (Å²) >= 11 is 0. The number of hydrogen-bond acceptors (Lipinski definition) is 3. The number of benzene rings is 1. The van der Waals surface area contributed by atoms with Crippen LogP contribution in [-0.2, 0) is 0 Å². The minimum atomic E-state index is -2.55. The third-order valence-electron chi connectivity index (χ3n) is 2.51. The summed E-state index contributed by atoms with van der Waals surface area (Å²) in [6.45, 7) is 1.15. The Morgan fingerprint density at radius 1 is 1.32 bits per heavy atom. The first kappa shape index (κ1) is 13.3. The Balaban J connectivity index is 2.35. The molecule has 2 rings (SSSR count). The molecule has 0 aliphatic rings. The van der Waals surface area contributed by atoms with Crippen LogP contribution in [0.4, 0.5) is 8.78 Å². The van der Waals surface area contributed by atoms with Gasteiger partial charge in [0.15, 0.2) is 12.0 Å². The van der Waals surface area contributed by atoms with Crippen molar-refractivity contribution < 1.29 is 22.7 Å². The molecular weight excluding hydrogens is 254 g/mol. The smallest absolute Gasteiger partial charge is 0.272 e. The second-order valence-electron chi connectivity index (χ2n) is 4.02. The molecule has 0 spiro atoms. The molecule has 0 saturated carbocycles. The maximum absolute atomic E-state index is 12.2.